The quantitative estimate of drug-likeness (QED) is 0.0169. The molecule has 1 aromatic heterocycles. The van der Waals surface area contributed by atoms with E-state index in [0.29, 0.717) is 74.9 Å². The van der Waals surface area contributed by atoms with Gasteiger partial charge in [-0.1, -0.05) is 44.2 Å². The Morgan fingerprint density at radius 3 is 1.67 bits per heavy atom. The van der Waals surface area contributed by atoms with Crippen molar-refractivity contribution in [2.24, 2.45) is 44.6 Å². The van der Waals surface area contributed by atoms with Crippen molar-refractivity contribution in [2.75, 3.05) is 77.5 Å². The van der Waals surface area contributed by atoms with Gasteiger partial charge < -0.3 is 112 Å². The highest BCUT2D eigenvalue weighted by molar-refractivity contribution is 7.98. The Balaban J connectivity index is 1.10. The predicted octanol–water partition coefficient (Wildman–Crippen LogP) is -4.50. The van der Waals surface area contributed by atoms with Gasteiger partial charge in [-0.2, -0.15) is 11.8 Å². The zero-order valence-corrected chi connectivity index (χ0v) is 61.8. The molecule has 36 nitrogen and oxygen atoms in total. The van der Waals surface area contributed by atoms with Gasteiger partial charge in [0.15, 0.2) is 11.9 Å². The van der Waals surface area contributed by atoms with Crippen LogP contribution in [0.15, 0.2) is 52.8 Å². The van der Waals surface area contributed by atoms with Gasteiger partial charge >= 0.3 is 5.97 Å². The average molecular weight is 1510 g/mol. The number of carbonyl (C=O) groups excluding carboxylic acids is 11. The number of H-pyrrole nitrogens is 1. The monoisotopic (exact) mass is 1500 g/mol. The molecular weight excluding hydrogens is 1390 g/mol. The van der Waals surface area contributed by atoms with Gasteiger partial charge in [0, 0.05) is 70.0 Å². The van der Waals surface area contributed by atoms with Gasteiger partial charge in [0.2, 0.25) is 65.0 Å². The molecule has 12 atom stereocenters. The number of hydrogen-bond acceptors (Lipinski definition) is 20. The van der Waals surface area contributed by atoms with Crippen molar-refractivity contribution in [1.29, 1.82) is 0 Å². The fourth-order valence-corrected chi connectivity index (χ4v) is 13.9. The minimum absolute atomic E-state index is 0.00451. The lowest BCUT2D eigenvalue weighted by Gasteiger charge is -2.31. The van der Waals surface area contributed by atoms with E-state index in [9.17, 15) is 67.7 Å². The summed E-state index contributed by atoms with van der Waals surface area (Å²) in [6.07, 6.45) is 10.4. The first-order valence-electron chi connectivity index (χ1n) is 36.7. The lowest BCUT2D eigenvalue weighted by Crippen LogP contribution is -2.61. The number of carbonyl (C=O) groups is 12. The summed E-state index contributed by atoms with van der Waals surface area (Å²) in [6.45, 7) is 4.52. The second-order valence-corrected chi connectivity index (χ2v) is 28.6. The number of nitrogens with one attached hydrogen (secondary N) is 11. The molecule has 106 heavy (non-hydrogen) atoms. The average Bonchev–Trinajstić information content (AvgIpc) is 1.65. The molecule has 4 fully saturated rings. The Kier molecular flexibility index (Phi) is 36.1. The number of rotatable bonds is 45. The summed E-state index contributed by atoms with van der Waals surface area (Å²) >= 11 is 1.43. The van der Waals surface area contributed by atoms with Gasteiger partial charge in [0.05, 0.1) is 25.5 Å². The highest BCUT2D eigenvalue weighted by Gasteiger charge is 2.43. The Morgan fingerprint density at radius 1 is 0.594 bits per heavy atom. The van der Waals surface area contributed by atoms with Crippen LogP contribution < -0.4 is 81.8 Å². The number of guanidine groups is 2. The normalized spacial score (nSPS) is 19.2. The Hall–Kier alpha value is -9.20. The highest BCUT2D eigenvalue weighted by atomic mass is 32.2. The number of aliphatic carboxylic acids is 1. The van der Waals surface area contributed by atoms with Gasteiger partial charge in [-0.05, 0) is 146 Å². The van der Waals surface area contributed by atoms with Crippen LogP contribution in [0.25, 0.3) is 0 Å². The summed E-state index contributed by atoms with van der Waals surface area (Å²) < 4.78 is 0. The third-order valence-corrected chi connectivity index (χ3v) is 19.7. The van der Waals surface area contributed by atoms with Crippen LogP contribution in [0.2, 0.25) is 0 Å². The molecule has 6 rings (SSSR count). The maximum atomic E-state index is 14.5. The fraction of sp³-hybridized carbons (Fsp3) is 0.667. The number of amides is 11. The maximum absolute atomic E-state index is 14.5. The summed E-state index contributed by atoms with van der Waals surface area (Å²) in [7, 11) is 0. The maximum Gasteiger partial charge on any atom is 0.326 e. The number of aromatic nitrogens is 2. The van der Waals surface area contributed by atoms with E-state index in [2.05, 4.69) is 73.1 Å². The van der Waals surface area contributed by atoms with Crippen LogP contribution in [-0.2, 0) is 70.4 Å². The minimum Gasteiger partial charge on any atom is -0.480 e. The first kappa shape index (κ1) is 85.7. The number of unbranched alkanes of at least 4 members (excludes halogenated alkanes) is 1. The number of aliphatic imine (C=N–C) groups is 2. The molecule has 0 saturated carbocycles. The third kappa shape index (κ3) is 27.6. The van der Waals surface area contributed by atoms with Crippen LogP contribution in [-0.4, -0.2) is 268 Å². The molecule has 5 heterocycles. The van der Waals surface area contributed by atoms with E-state index in [-0.39, 0.29) is 127 Å². The summed E-state index contributed by atoms with van der Waals surface area (Å²) in [5, 5.41) is 48.9. The molecule has 1 aromatic carbocycles. The van der Waals surface area contributed by atoms with Crippen molar-refractivity contribution in [1.82, 2.24) is 77.8 Å². The van der Waals surface area contributed by atoms with Crippen molar-refractivity contribution in [3.8, 4) is 0 Å². The molecule has 4 saturated heterocycles. The zero-order valence-electron chi connectivity index (χ0n) is 61.0. The standard InChI is InChI=1S/C69H112N22O14S/c1-41(2)33-49(85-58(95)46(19-10-27-77-68(71)72)83-63(100)54-22-13-30-90(54)65(102)47(20-11-28-78-69(73)74)79-37-43-17-9-26-76-43)59(96)88-52(39-92)61(98)86-50(35-44-36-75-40-81-44)60(97)82-45(18-7-8-25-70)57(94)80-38-56(93)89-29-12-21-53(89)62(99)84-48(24-32-106-3)66(103)91-31-14-23-55(91)64(101)87-51(67(104)105)34-42-15-5-4-6-16-42/h4-6,15-16,36,40-41,43,45-55,76,79,92H,7-14,17-35,37-39,70H2,1-3H3,(H,75,81)(H,80,94)(H,82,97)(H,83,100)(H,84,99)(H,85,95)(H,86,98)(H,87,101)(H,88,96)(H,104,105)(H4,71,72,77)(H4,73,74,78)/t43-,45-,46-,47-,48-,49-,50-,51-,52-,53-,54-,55-/m0/s1. The number of thioether (sulfide) groups is 1. The van der Waals surface area contributed by atoms with E-state index < -0.39 is 145 Å². The molecule has 588 valence electrons. The van der Waals surface area contributed by atoms with Crippen molar-refractivity contribution >= 4 is 94.6 Å². The second kappa shape index (κ2) is 44.7. The zero-order chi connectivity index (χ0) is 77.2. The Labute approximate surface area is 622 Å². The molecule has 0 radical (unpaired) electrons. The Bertz CT molecular complexity index is 3280. The lowest BCUT2D eigenvalue weighted by molar-refractivity contribution is -0.145. The largest absolute Gasteiger partial charge is 0.480 e. The van der Waals surface area contributed by atoms with Gasteiger partial charge in [-0.3, -0.25) is 62.7 Å². The van der Waals surface area contributed by atoms with Gasteiger partial charge in [-0.25, -0.2) is 9.78 Å². The fourth-order valence-electron chi connectivity index (χ4n) is 13.5. The molecule has 0 unspecified atom stereocenters. The molecule has 37 heteroatoms. The molecule has 0 spiro atoms. The first-order valence-corrected chi connectivity index (χ1v) is 38.1. The molecule has 23 N–H and O–H groups in total. The lowest BCUT2D eigenvalue weighted by atomic mass is 10.0. The van der Waals surface area contributed by atoms with Crippen LogP contribution in [0.3, 0.4) is 0 Å². The second-order valence-electron chi connectivity index (χ2n) is 27.6. The molecular formula is C69H112N22O14S. The minimum atomic E-state index is -1.73. The number of aliphatic hydroxyl groups is 1. The van der Waals surface area contributed by atoms with Crippen molar-refractivity contribution in [2.45, 2.75) is 208 Å². The SMILES string of the molecule is CSCC[C@H](NC(=O)[C@@H]1CCCN1C(=O)CNC(=O)[C@H](CCCCN)NC(=O)[C@H](Cc1cnc[nH]1)NC(=O)[C@H](CO)NC(=O)[C@H](CC(C)C)NC(=O)[C@H](CCCN=C(N)N)NC(=O)[C@@H]1CCCN1C(=O)[C@H](CCCN=C(N)N)NC[C@@H]1CCCN1)C(=O)N1CCC[C@H]1C(=O)N[C@@H](Cc1ccccc1)C(=O)O. The van der Waals surface area contributed by atoms with E-state index >= 15 is 0 Å². The number of benzene rings is 1. The topological polar surface area (TPSA) is 559 Å². The summed E-state index contributed by atoms with van der Waals surface area (Å²) in [4.78, 5) is 188. The number of carboxylic acids is 1. The van der Waals surface area contributed by atoms with E-state index in [0.717, 1.165) is 19.4 Å². The molecule has 0 aliphatic carbocycles. The molecule has 4 aliphatic rings. The number of aliphatic hydroxyl groups excluding tert-OH is 1. The number of likely N-dealkylation sites (tertiary alicyclic amines) is 3. The molecule has 11 amide bonds. The van der Waals surface area contributed by atoms with Gasteiger partial charge in [0.1, 0.15) is 60.4 Å². The smallest absolute Gasteiger partial charge is 0.326 e. The van der Waals surface area contributed by atoms with E-state index in [1.165, 1.54) is 39.0 Å². The highest BCUT2D eigenvalue weighted by Crippen LogP contribution is 2.24. The number of imidazole rings is 1. The number of nitrogens with zero attached hydrogens (tertiary/aromatic N) is 6. The first-order chi connectivity index (χ1) is 50.8. The predicted molar refractivity (Wildman–Crippen MR) is 396 cm³/mol. The molecule has 0 bridgehead atoms. The van der Waals surface area contributed by atoms with Crippen LogP contribution in [0, 0.1) is 5.92 Å². The number of carboxylic acid groups (broad SMARTS) is 1. The van der Waals surface area contributed by atoms with Crippen LogP contribution >= 0.6 is 11.8 Å². The van der Waals surface area contributed by atoms with E-state index in [1.54, 1.807) is 44.2 Å². The third-order valence-electron chi connectivity index (χ3n) is 19.0. The molecule has 4 aliphatic heterocycles. The van der Waals surface area contributed by atoms with Crippen LogP contribution in [0.4, 0.5) is 0 Å². The van der Waals surface area contributed by atoms with E-state index in [1.807, 2.05) is 6.26 Å². The number of hydrogen-bond donors (Lipinski definition) is 18. The van der Waals surface area contributed by atoms with Gasteiger partial charge in [0.25, 0.3) is 0 Å². The van der Waals surface area contributed by atoms with Gasteiger partial charge in [-0.15, -0.1) is 0 Å². The van der Waals surface area contributed by atoms with Crippen molar-refractivity contribution < 1.29 is 67.7 Å². The summed E-state index contributed by atoms with van der Waals surface area (Å²) in [6, 6.07) is -4.30. The van der Waals surface area contributed by atoms with Crippen molar-refractivity contribution in [3.63, 3.8) is 0 Å². The van der Waals surface area contributed by atoms with E-state index in [4.69, 9.17) is 28.7 Å². The van der Waals surface area contributed by atoms with Crippen LogP contribution in [0.1, 0.15) is 134 Å². The summed E-state index contributed by atoms with van der Waals surface area (Å²) in [5.74, 6) is -9.10. The molecule has 2 aromatic rings. The number of aromatic amines is 1. The van der Waals surface area contributed by atoms with Crippen molar-refractivity contribution in [3.05, 3.63) is 54.1 Å². The summed E-state index contributed by atoms with van der Waals surface area (Å²) in [5.41, 5.74) is 29.2. The Morgan fingerprint density at radius 2 is 1.11 bits per heavy atom. The van der Waals surface area contributed by atoms with Crippen LogP contribution in [0.5, 0.6) is 0 Å². The number of nitrogens with two attached hydrogens (primary N) is 5.